The van der Waals surface area contributed by atoms with Crippen molar-refractivity contribution < 1.29 is 19.4 Å². The van der Waals surface area contributed by atoms with Gasteiger partial charge in [0.25, 0.3) is 0 Å². The molecule has 2 rings (SSSR count). The third kappa shape index (κ3) is 3.67. The van der Waals surface area contributed by atoms with Crippen molar-refractivity contribution in [3.05, 3.63) is 48.5 Å². The molecule has 0 saturated carbocycles. The Hall–Kier alpha value is -2.67. The summed E-state index contributed by atoms with van der Waals surface area (Å²) >= 11 is 0. The summed E-state index contributed by atoms with van der Waals surface area (Å²) in [6.07, 6.45) is 2.77. The van der Waals surface area contributed by atoms with Crippen LogP contribution in [0.3, 0.4) is 0 Å². The highest BCUT2D eigenvalue weighted by atomic mass is 16.5. The predicted molar refractivity (Wildman–Crippen MR) is 73.6 cm³/mol. The van der Waals surface area contributed by atoms with E-state index in [9.17, 15) is 14.7 Å². The molecule has 2 aromatic rings. The molecule has 0 aliphatic carbocycles. The SMILES string of the molecule is NC(c1cnc[nH]1)C(C(=O)O)C(=O)COc1ccccc1. The van der Waals surface area contributed by atoms with E-state index < -0.39 is 23.7 Å². The number of ether oxygens (including phenoxy) is 1. The molecule has 0 aliphatic rings. The fraction of sp³-hybridized carbons (Fsp3) is 0.214. The normalized spacial score (nSPS) is 13.4. The van der Waals surface area contributed by atoms with Crippen molar-refractivity contribution in [2.45, 2.75) is 6.04 Å². The Balaban J connectivity index is 2.04. The number of hydrogen-bond acceptors (Lipinski definition) is 5. The number of para-hydroxylation sites is 1. The maximum atomic E-state index is 12.1. The van der Waals surface area contributed by atoms with E-state index in [0.29, 0.717) is 11.4 Å². The van der Waals surface area contributed by atoms with Gasteiger partial charge in [-0.15, -0.1) is 0 Å². The first-order valence-corrected chi connectivity index (χ1v) is 6.27. The zero-order chi connectivity index (χ0) is 15.2. The molecular weight excluding hydrogens is 274 g/mol. The van der Waals surface area contributed by atoms with Crippen LogP contribution in [0.15, 0.2) is 42.9 Å². The number of ketones is 1. The van der Waals surface area contributed by atoms with E-state index in [1.54, 1.807) is 24.3 Å². The Labute approximate surface area is 120 Å². The zero-order valence-electron chi connectivity index (χ0n) is 11.1. The molecule has 0 aliphatic heterocycles. The summed E-state index contributed by atoms with van der Waals surface area (Å²) in [7, 11) is 0. The van der Waals surface area contributed by atoms with Crippen LogP contribution in [0.25, 0.3) is 0 Å². The second kappa shape index (κ2) is 6.67. The van der Waals surface area contributed by atoms with Crippen LogP contribution in [0.2, 0.25) is 0 Å². The maximum Gasteiger partial charge on any atom is 0.316 e. The van der Waals surface area contributed by atoms with Crippen molar-refractivity contribution in [2.24, 2.45) is 11.7 Å². The lowest BCUT2D eigenvalue weighted by molar-refractivity contribution is -0.148. The van der Waals surface area contributed by atoms with Gasteiger partial charge in [-0.25, -0.2) is 4.98 Å². The minimum Gasteiger partial charge on any atom is -0.486 e. The van der Waals surface area contributed by atoms with Crippen LogP contribution in [0.4, 0.5) is 0 Å². The lowest BCUT2D eigenvalue weighted by atomic mass is 9.94. The first-order valence-electron chi connectivity index (χ1n) is 6.27. The first kappa shape index (κ1) is 14.7. The molecule has 7 heteroatoms. The van der Waals surface area contributed by atoms with Gasteiger partial charge in [0.05, 0.1) is 18.1 Å². The summed E-state index contributed by atoms with van der Waals surface area (Å²) in [6, 6.07) is 7.67. The third-order valence-electron chi connectivity index (χ3n) is 2.97. The number of hydrogen-bond donors (Lipinski definition) is 3. The number of nitrogens with zero attached hydrogens (tertiary/aromatic N) is 1. The number of carboxylic acids is 1. The van der Waals surface area contributed by atoms with Crippen LogP contribution < -0.4 is 10.5 Å². The van der Waals surface area contributed by atoms with Gasteiger partial charge in [-0.3, -0.25) is 9.59 Å². The van der Waals surface area contributed by atoms with Crippen LogP contribution in [0.5, 0.6) is 5.75 Å². The summed E-state index contributed by atoms with van der Waals surface area (Å²) in [6.45, 7) is -0.358. The number of benzene rings is 1. The van der Waals surface area contributed by atoms with Crippen LogP contribution in [0, 0.1) is 5.92 Å². The van der Waals surface area contributed by atoms with Gasteiger partial charge in [-0.1, -0.05) is 18.2 Å². The van der Waals surface area contributed by atoms with E-state index in [4.69, 9.17) is 10.5 Å². The topological polar surface area (TPSA) is 118 Å². The average Bonchev–Trinajstić information content (AvgIpc) is 3.00. The highest BCUT2D eigenvalue weighted by molar-refractivity contribution is 5.99. The number of rotatable bonds is 7. The molecule has 7 nitrogen and oxygen atoms in total. The van der Waals surface area contributed by atoms with Gasteiger partial charge >= 0.3 is 5.97 Å². The van der Waals surface area contributed by atoms with Crippen molar-refractivity contribution in [3.63, 3.8) is 0 Å². The summed E-state index contributed by atoms with van der Waals surface area (Å²) in [5, 5.41) is 9.22. The van der Waals surface area contributed by atoms with Gasteiger partial charge in [0.15, 0.2) is 5.78 Å². The molecule has 1 aromatic carbocycles. The monoisotopic (exact) mass is 289 g/mol. The Bertz CT molecular complexity index is 598. The number of imidazole rings is 1. The van der Waals surface area contributed by atoms with Gasteiger partial charge in [-0.05, 0) is 12.1 Å². The molecule has 0 bridgehead atoms. The Morgan fingerprint density at radius 3 is 2.62 bits per heavy atom. The number of H-pyrrole nitrogens is 1. The smallest absolute Gasteiger partial charge is 0.316 e. The van der Waals surface area contributed by atoms with E-state index in [2.05, 4.69) is 9.97 Å². The van der Waals surface area contributed by atoms with Crippen molar-refractivity contribution in [3.8, 4) is 5.75 Å². The second-order valence-electron chi connectivity index (χ2n) is 4.42. The van der Waals surface area contributed by atoms with E-state index in [1.165, 1.54) is 12.5 Å². The Morgan fingerprint density at radius 1 is 1.33 bits per heavy atom. The van der Waals surface area contributed by atoms with Gasteiger partial charge < -0.3 is 20.6 Å². The summed E-state index contributed by atoms with van der Waals surface area (Å²) < 4.78 is 5.27. The van der Waals surface area contributed by atoms with Crippen molar-refractivity contribution >= 4 is 11.8 Å². The van der Waals surface area contributed by atoms with E-state index >= 15 is 0 Å². The molecule has 0 amide bonds. The molecule has 0 saturated heterocycles. The van der Waals surface area contributed by atoms with Gasteiger partial charge in [0.2, 0.25) is 0 Å². The fourth-order valence-electron chi connectivity index (χ4n) is 1.88. The zero-order valence-corrected chi connectivity index (χ0v) is 11.1. The first-order chi connectivity index (χ1) is 10.1. The number of aromatic amines is 1. The number of carbonyl (C=O) groups excluding carboxylic acids is 1. The molecule has 1 aromatic heterocycles. The standard InChI is InChI=1S/C14H15N3O4/c15-13(10-6-16-8-17-10)12(14(19)20)11(18)7-21-9-4-2-1-3-5-9/h1-6,8,12-13H,7,15H2,(H,16,17)(H,19,20). The van der Waals surface area contributed by atoms with Gasteiger partial charge in [0.1, 0.15) is 18.3 Å². The number of nitrogens with one attached hydrogen (secondary N) is 1. The second-order valence-corrected chi connectivity index (χ2v) is 4.42. The highest BCUT2D eigenvalue weighted by Crippen LogP contribution is 2.19. The number of aliphatic carboxylic acids is 1. The molecular formula is C14H15N3O4. The van der Waals surface area contributed by atoms with E-state index in [1.807, 2.05) is 6.07 Å². The molecule has 2 atom stereocenters. The molecule has 0 radical (unpaired) electrons. The predicted octanol–water partition coefficient (Wildman–Crippen LogP) is 0.758. The summed E-state index contributed by atoms with van der Waals surface area (Å²) in [5.74, 6) is -2.80. The van der Waals surface area contributed by atoms with Crippen molar-refractivity contribution in [1.82, 2.24) is 9.97 Å². The Morgan fingerprint density at radius 2 is 2.05 bits per heavy atom. The number of aromatic nitrogens is 2. The Kier molecular flexibility index (Phi) is 4.68. The molecule has 4 N–H and O–H groups in total. The minimum absolute atomic E-state index is 0.358. The molecule has 1 heterocycles. The van der Waals surface area contributed by atoms with E-state index in [-0.39, 0.29) is 6.61 Å². The lowest BCUT2D eigenvalue weighted by Crippen LogP contribution is -2.37. The van der Waals surface area contributed by atoms with Crippen LogP contribution in [0.1, 0.15) is 11.7 Å². The maximum absolute atomic E-state index is 12.1. The molecule has 0 spiro atoms. The van der Waals surface area contributed by atoms with Crippen LogP contribution >= 0.6 is 0 Å². The quantitative estimate of drug-likeness (QED) is 0.647. The van der Waals surface area contributed by atoms with E-state index in [0.717, 1.165) is 0 Å². The molecule has 110 valence electrons. The van der Waals surface area contributed by atoms with Crippen LogP contribution in [-0.4, -0.2) is 33.4 Å². The number of carbonyl (C=O) groups is 2. The fourth-order valence-corrected chi connectivity index (χ4v) is 1.88. The lowest BCUT2D eigenvalue weighted by Gasteiger charge is -2.18. The average molecular weight is 289 g/mol. The van der Waals surface area contributed by atoms with Gasteiger partial charge in [0, 0.05) is 6.20 Å². The minimum atomic E-state index is -1.39. The van der Waals surface area contributed by atoms with Crippen molar-refractivity contribution in [1.29, 1.82) is 0 Å². The summed E-state index contributed by atoms with van der Waals surface area (Å²) in [5.41, 5.74) is 6.21. The van der Waals surface area contributed by atoms with Crippen LogP contribution in [-0.2, 0) is 9.59 Å². The van der Waals surface area contributed by atoms with Gasteiger partial charge in [-0.2, -0.15) is 0 Å². The largest absolute Gasteiger partial charge is 0.486 e. The molecule has 0 fully saturated rings. The van der Waals surface area contributed by atoms with Crippen molar-refractivity contribution in [2.75, 3.05) is 6.61 Å². The number of nitrogens with two attached hydrogens (primary N) is 1. The molecule has 21 heavy (non-hydrogen) atoms. The number of Topliss-reactive ketones (excluding diaryl/α,β-unsaturated/α-hetero) is 1. The summed E-state index contributed by atoms with van der Waals surface area (Å²) in [4.78, 5) is 29.8. The molecule has 2 unspecified atom stereocenters. The highest BCUT2D eigenvalue weighted by Gasteiger charge is 2.34. The third-order valence-corrected chi connectivity index (χ3v) is 2.97. The number of carboxylic acid groups (broad SMARTS) is 1.